The number of urea groups is 1. The number of carbonyl (C=O) groups excluding carboxylic acids is 1. The molecule has 0 unspecified atom stereocenters. The Morgan fingerprint density at radius 2 is 2.10 bits per heavy atom. The Hall–Kier alpha value is -2.19. The van der Waals surface area contributed by atoms with Crippen LogP contribution in [0.5, 0.6) is 0 Å². The van der Waals surface area contributed by atoms with E-state index in [1.54, 1.807) is 17.1 Å². The fourth-order valence-corrected chi connectivity index (χ4v) is 1.74. The minimum absolute atomic E-state index is 0.139. The molecular formula is C12H16N4O4. The van der Waals surface area contributed by atoms with Crippen molar-refractivity contribution < 1.29 is 19.4 Å². The molecule has 0 aromatic carbocycles. The molecule has 0 aliphatic carbocycles. The third kappa shape index (κ3) is 4.48. The van der Waals surface area contributed by atoms with E-state index in [1.807, 2.05) is 0 Å². The summed E-state index contributed by atoms with van der Waals surface area (Å²) in [6, 6.07) is 2.82. The Kier molecular flexibility index (Phi) is 4.85. The summed E-state index contributed by atoms with van der Waals surface area (Å²) >= 11 is 0. The van der Waals surface area contributed by atoms with E-state index in [2.05, 4.69) is 15.7 Å². The standard InChI is InChI=1S/C12H16N4O4/c17-11(18)7-9-1-2-10(8-13-9)14-12(19)15-16-3-5-20-6-4-16/h1-2,8H,3-7H2,(H,17,18)(H2,14,15,19). The molecule has 0 atom stereocenters. The summed E-state index contributed by atoms with van der Waals surface area (Å²) in [6.07, 6.45) is 1.29. The van der Waals surface area contributed by atoms with Gasteiger partial charge < -0.3 is 15.2 Å². The molecular weight excluding hydrogens is 264 g/mol. The van der Waals surface area contributed by atoms with E-state index in [0.29, 0.717) is 37.7 Å². The molecule has 0 bridgehead atoms. The zero-order valence-corrected chi connectivity index (χ0v) is 10.8. The minimum Gasteiger partial charge on any atom is -0.481 e. The second-order valence-corrected chi connectivity index (χ2v) is 4.27. The molecule has 2 rings (SSSR count). The molecule has 1 aliphatic heterocycles. The van der Waals surface area contributed by atoms with Crippen LogP contribution in [0.2, 0.25) is 0 Å². The number of morpholine rings is 1. The summed E-state index contributed by atoms with van der Waals surface area (Å²) in [4.78, 5) is 26.2. The second kappa shape index (κ2) is 6.83. The number of rotatable bonds is 4. The van der Waals surface area contributed by atoms with Crippen LogP contribution in [0.25, 0.3) is 0 Å². The van der Waals surface area contributed by atoms with E-state index in [0.717, 1.165) is 0 Å². The van der Waals surface area contributed by atoms with E-state index < -0.39 is 5.97 Å². The first-order valence-corrected chi connectivity index (χ1v) is 6.20. The van der Waals surface area contributed by atoms with E-state index in [4.69, 9.17) is 9.84 Å². The van der Waals surface area contributed by atoms with Crippen molar-refractivity contribution in [3.05, 3.63) is 24.0 Å². The molecule has 108 valence electrons. The first kappa shape index (κ1) is 14.2. The summed E-state index contributed by atoms with van der Waals surface area (Å²) < 4.78 is 5.17. The van der Waals surface area contributed by atoms with Crippen molar-refractivity contribution in [2.45, 2.75) is 6.42 Å². The highest BCUT2D eigenvalue weighted by molar-refractivity contribution is 5.88. The number of anilines is 1. The smallest absolute Gasteiger partial charge is 0.333 e. The van der Waals surface area contributed by atoms with Crippen molar-refractivity contribution in [1.29, 1.82) is 0 Å². The quantitative estimate of drug-likeness (QED) is 0.721. The number of aromatic nitrogens is 1. The lowest BCUT2D eigenvalue weighted by molar-refractivity contribution is -0.136. The number of nitrogens with zero attached hydrogens (tertiary/aromatic N) is 2. The van der Waals surface area contributed by atoms with Gasteiger partial charge in [-0.25, -0.2) is 9.80 Å². The van der Waals surface area contributed by atoms with Crippen LogP contribution in [-0.4, -0.2) is 53.4 Å². The zero-order chi connectivity index (χ0) is 14.4. The maximum Gasteiger partial charge on any atom is 0.333 e. The van der Waals surface area contributed by atoms with E-state index >= 15 is 0 Å². The van der Waals surface area contributed by atoms with Crippen LogP contribution in [-0.2, 0) is 16.0 Å². The lowest BCUT2D eigenvalue weighted by Crippen LogP contribution is -2.49. The summed E-state index contributed by atoms with van der Waals surface area (Å²) in [7, 11) is 0. The number of carbonyl (C=O) groups is 2. The number of ether oxygens (including phenoxy) is 1. The van der Waals surface area contributed by atoms with Gasteiger partial charge in [0.05, 0.1) is 37.2 Å². The number of carboxylic acid groups (broad SMARTS) is 1. The van der Waals surface area contributed by atoms with Crippen LogP contribution in [0.1, 0.15) is 5.69 Å². The third-order valence-corrected chi connectivity index (χ3v) is 2.69. The second-order valence-electron chi connectivity index (χ2n) is 4.27. The lowest BCUT2D eigenvalue weighted by Gasteiger charge is -2.26. The first-order valence-electron chi connectivity index (χ1n) is 6.20. The van der Waals surface area contributed by atoms with Crippen molar-refractivity contribution in [3.63, 3.8) is 0 Å². The van der Waals surface area contributed by atoms with Crippen molar-refractivity contribution in [2.75, 3.05) is 31.6 Å². The van der Waals surface area contributed by atoms with Gasteiger partial charge in [-0.2, -0.15) is 0 Å². The number of pyridine rings is 1. The van der Waals surface area contributed by atoms with Crippen molar-refractivity contribution in [1.82, 2.24) is 15.4 Å². The van der Waals surface area contributed by atoms with Crippen LogP contribution >= 0.6 is 0 Å². The van der Waals surface area contributed by atoms with Crippen molar-refractivity contribution in [3.8, 4) is 0 Å². The summed E-state index contributed by atoms with van der Waals surface area (Å²) in [6.45, 7) is 2.46. The largest absolute Gasteiger partial charge is 0.481 e. The Balaban J connectivity index is 1.82. The number of hydrogen-bond acceptors (Lipinski definition) is 5. The number of hydrazine groups is 1. The Morgan fingerprint density at radius 1 is 1.35 bits per heavy atom. The fourth-order valence-electron chi connectivity index (χ4n) is 1.74. The highest BCUT2D eigenvalue weighted by Crippen LogP contribution is 2.06. The Bertz CT molecular complexity index is 471. The van der Waals surface area contributed by atoms with E-state index in [-0.39, 0.29) is 12.5 Å². The number of hydrogen-bond donors (Lipinski definition) is 3. The van der Waals surface area contributed by atoms with Gasteiger partial charge in [0.25, 0.3) is 0 Å². The molecule has 8 heteroatoms. The van der Waals surface area contributed by atoms with E-state index in [1.165, 1.54) is 6.20 Å². The highest BCUT2D eigenvalue weighted by atomic mass is 16.5. The number of carboxylic acids is 1. The number of amides is 2. The molecule has 1 aromatic rings. The lowest BCUT2D eigenvalue weighted by atomic mass is 10.2. The molecule has 0 saturated carbocycles. The molecule has 0 radical (unpaired) electrons. The molecule has 3 N–H and O–H groups in total. The molecule has 2 amide bonds. The Morgan fingerprint density at radius 3 is 2.70 bits per heavy atom. The maximum absolute atomic E-state index is 11.7. The first-order chi connectivity index (χ1) is 9.63. The van der Waals surface area contributed by atoms with Crippen LogP contribution in [0, 0.1) is 0 Å². The van der Waals surface area contributed by atoms with Gasteiger partial charge in [-0.3, -0.25) is 15.2 Å². The summed E-state index contributed by atoms with van der Waals surface area (Å²) in [5, 5.41) is 13.0. The van der Waals surface area contributed by atoms with Crippen molar-refractivity contribution >= 4 is 17.7 Å². The molecule has 20 heavy (non-hydrogen) atoms. The molecule has 1 aromatic heterocycles. The molecule has 1 fully saturated rings. The van der Waals surface area contributed by atoms with Crippen LogP contribution in [0.4, 0.5) is 10.5 Å². The molecule has 1 saturated heterocycles. The summed E-state index contributed by atoms with van der Waals surface area (Å²) in [5.74, 6) is -0.941. The van der Waals surface area contributed by atoms with Gasteiger partial charge in [-0.1, -0.05) is 0 Å². The third-order valence-electron chi connectivity index (χ3n) is 2.69. The number of nitrogens with one attached hydrogen (secondary N) is 2. The van der Waals surface area contributed by atoms with Gasteiger partial charge in [-0.15, -0.1) is 0 Å². The average Bonchev–Trinajstić information content (AvgIpc) is 2.41. The maximum atomic E-state index is 11.7. The molecule has 1 aliphatic rings. The minimum atomic E-state index is -0.941. The Labute approximate surface area is 115 Å². The van der Waals surface area contributed by atoms with E-state index in [9.17, 15) is 9.59 Å². The summed E-state index contributed by atoms with van der Waals surface area (Å²) in [5.41, 5.74) is 3.64. The zero-order valence-electron chi connectivity index (χ0n) is 10.8. The monoisotopic (exact) mass is 280 g/mol. The number of aliphatic carboxylic acids is 1. The highest BCUT2D eigenvalue weighted by Gasteiger charge is 2.13. The predicted octanol–water partition coefficient (Wildman–Crippen LogP) is 0.0774. The van der Waals surface area contributed by atoms with Crippen LogP contribution in [0.15, 0.2) is 18.3 Å². The van der Waals surface area contributed by atoms with Gasteiger partial charge in [-0.05, 0) is 12.1 Å². The predicted molar refractivity (Wildman–Crippen MR) is 70.1 cm³/mol. The fraction of sp³-hybridized carbons (Fsp3) is 0.417. The topological polar surface area (TPSA) is 104 Å². The molecule has 0 spiro atoms. The van der Waals surface area contributed by atoms with Gasteiger partial charge in [0, 0.05) is 13.1 Å². The molecule has 8 nitrogen and oxygen atoms in total. The van der Waals surface area contributed by atoms with Crippen LogP contribution < -0.4 is 10.7 Å². The van der Waals surface area contributed by atoms with Gasteiger partial charge >= 0.3 is 12.0 Å². The van der Waals surface area contributed by atoms with Crippen LogP contribution in [0.3, 0.4) is 0 Å². The van der Waals surface area contributed by atoms with Gasteiger partial charge in [0.2, 0.25) is 0 Å². The SMILES string of the molecule is O=C(O)Cc1ccc(NC(=O)NN2CCOCC2)cn1. The van der Waals surface area contributed by atoms with Gasteiger partial charge in [0.1, 0.15) is 0 Å². The van der Waals surface area contributed by atoms with Gasteiger partial charge in [0.15, 0.2) is 0 Å². The van der Waals surface area contributed by atoms with Crippen molar-refractivity contribution in [2.24, 2.45) is 0 Å². The molecule has 2 heterocycles. The normalized spacial score (nSPS) is 15.6. The average molecular weight is 280 g/mol.